The van der Waals surface area contributed by atoms with E-state index in [0.717, 1.165) is 79.8 Å². The van der Waals surface area contributed by atoms with Crippen molar-refractivity contribution in [2.75, 3.05) is 5.33 Å². The Morgan fingerprint density at radius 2 is 1.11 bits per heavy atom. The maximum atomic E-state index is 13.4. The molecular weight excluding hydrogens is 849 g/mol. The molecule has 16 atom stereocenters. The van der Waals surface area contributed by atoms with Crippen LogP contribution in [0.1, 0.15) is 184 Å². The molecule has 356 valence electrons. The number of hydrogen-bond donors (Lipinski definition) is 3. The lowest BCUT2D eigenvalue weighted by Gasteiger charge is -2.61. The Kier molecular flexibility index (Phi) is 15.0. The quantitative estimate of drug-likeness (QED) is 0.257. The smallest absolute Gasteiger partial charge is 0.156 e. The fraction of sp³-hybridized carbons (Fsp3) is 0.852. The minimum absolute atomic E-state index is 0. The molecule has 9 heteroatoms. The second-order valence-corrected chi connectivity index (χ2v) is 24.5. The van der Waals surface area contributed by atoms with Crippen molar-refractivity contribution < 1.29 is 19.8 Å². The molecule has 2 heterocycles. The van der Waals surface area contributed by atoms with Gasteiger partial charge in [0, 0.05) is 36.6 Å². The van der Waals surface area contributed by atoms with Gasteiger partial charge >= 0.3 is 0 Å². The summed E-state index contributed by atoms with van der Waals surface area (Å²) in [4.78, 5) is 36.9. The van der Waals surface area contributed by atoms with Gasteiger partial charge in [-0.05, 0) is 212 Å². The number of aryl methyl sites for hydroxylation is 2. The third-order valence-corrected chi connectivity index (χ3v) is 21.3. The van der Waals surface area contributed by atoms with Crippen LogP contribution in [0.15, 0.2) is 24.8 Å². The fourth-order valence-corrected chi connectivity index (χ4v) is 17.6. The van der Waals surface area contributed by atoms with Crippen LogP contribution in [0.3, 0.4) is 0 Å². The normalized spacial score (nSPS) is 45.6. The van der Waals surface area contributed by atoms with Gasteiger partial charge in [-0.3, -0.25) is 9.59 Å². The molecule has 3 N–H and O–H groups in total. The highest BCUT2D eigenvalue weighted by atomic mass is 79.9. The van der Waals surface area contributed by atoms with Gasteiger partial charge in [0.15, 0.2) is 5.78 Å². The van der Waals surface area contributed by atoms with Crippen molar-refractivity contribution in [3.8, 4) is 0 Å². The number of hydrogen-bond acceptors (Lipinski definition) is 6. The summed E-state index contributed by atoms with van der Waals surface area (Å²) in [5.74, 6) is 9.29. The molecule has 10 rings (SSSR count). The lowest BCUT2D eigenvalue weighted by Crippen LogP contribution is -2.55. The first kappa shape index (κ1) is 50.6. The molecule has 8 saturated carbocycles. The summed E-state index contributed by atoms with van der Waals surface area (Å²) >= 11 is 3.43. The number of alkyl halides is 1. The molecule has 2 aromatic rings. The molecule has 0 saturated heterocycles. The maximum absolute atomic E-state index is 13.4. The van der Waals surface area contributed by atoms with E-state index in [0.29, 0.717) is 52.0 Å². The number of ketones is 2. The van der Waals surface area contributed by atoms with E-state index in [1.165, 1.54) is 77.0 Å². The minimum atomic E-state index is -0.462. The molecule has 2 aromatic heterocycles. The van der Waals surface area contributed by atoms with Crippen molar-refractivity contribution in [2.24, 2.45) is 80.8 Å². The fourth-order valence-electron chi connectivity index (χ4n) is 17.2. The van der Waals surface area contributed by atoms with Gasteiger partial charge in [-0.25, -0.2) is 9.97 Å². The first-order valence-corrected chi connectivity index (χ1v) is 25.9. The van der Waals surface area contributed by atoms with E-state index < -0.39 is 11.2 Å². The van der Waals surface area contributed by atoms with Crippen molar-refractivity contribution in [2.45, 2.75) is 204 Å². The third-order valence-electron chi connectivity index (χ3n) is 20.7. The summed E-state index contributed by atoms with van der Waals surface area (Å²) in [6, 6.07) is 0. The second-order valence-electron chi connectivity index (χ2n) is 23.9. The van der Waals surface area contributed by atoms with Gasteiger partial charge in [-0.15, -0.1) is 0 Å². The molecule has 0 bridgehead atoms. The standard InChI is InChI=1S/C26H40N2O2.C22H35BrO2.C4H6N2.2CH4/c1-17-27-13-14-28(17)16-23(29)22-8-7-20-19-6-5-18-15-24(2,30)11-12-25(18,3)21(19)9-10-26(20,22)4;1-20(25)10-11-21(2)14(12-20)4-5-15-16-6-7-18(19(24)13-23)22(16,3)9-8-17(15)21;1-4-5-2-3-6-4;;/h13-14,18-22,30H,5-12,15-16H2,1-4H3;14-18,25H,4-13H2,1-3H3;2-3H,1H3,(H,5,6);2*1H4/t18-,19+,20+,21+,22-,24-,25+,26+;14-,15+,16+,17+,18-,20-,21+,22+;;;/m11.../s1. The Labute approximate surface area is 391 Å². The van der Waals surface area contributed by atoms with Gasteiger partial charge in [-0.2, -0.15) is 0 Å². The van der Waals surface area contributed by atoms with Crippen LogP contribution in [0.5, 0.6) is 0 Å². The molecule has 0 radical (unpaired) electrons. The van der Waals surface area contributed by atoms with E-state index in [2.05, 4.69) is 58.6 Å². The number of nitrogens with one attached hydrogen (secondary N) is 1. The Balaban J connectivity index is 0.000000182. The van der Waals surface area contributed by atoms with E-state index >= 15 is 0 Å². The van der Waals surface area contributed by atoms with Crippen LogP contribution < -0.4 is 0 Å². The monoisotopic (exact) mass is 937 g/mol. The molecule has 8 aliphatic rings. The number of fused-ring (bicyclic) bond motifs is 10. The average molecular weight is 938 g/mol. The number of Topliss-reactive ketones (excluding diaryl/α,β-unsaturated/α-hetero) is 2. The van der Waals surface area contributed by atoms with Crippen LogP contribution in [0.4, 0.5) is 0 Å². The van der Waals surface area contributed by atoms with Gasteiger partial charge in [0.05, 0.1) is 23.1 Å². The number of aromatic nitrogens is 4. The SMILES string of the molecule is C.C.C[C@@]1(O)CC[C@@]2(C)[C@H](CC[C@@H]3[C@@H]2CC[C@]2(C)[C@@H](C(=O)CBr)CC[C@@H]32)C1.Cc1ncc[nH]1.Cc1nccn1CC(=O)[C@H]1CC[C@H]2[C@@H]3CC[C@@H]4C[C@](C)(O)CC[C@]4(C)[C@H]3CC[C@]12C. The molecule has 0 unspecified atom stereocenters. The molecule has 8 fully saturated rings. The molecule has 63 heavy (non-hydrogen) atoms. The molecule has 0 aliphatic heterocycles. The number of aromatic amines is 1. The average Bonchev–Trinajstić information content (AvgIpc) is 4.01. The summed E-state index contributed by atoms with van der Waals surface area (Å²) in [5, 5.41) is 21.8. The highest BCUT2D eigenvalue weighted by Gasteiger charge is 2.63. The molecule has 8 aliphatic carbocycles. The first-order valence-electron chi connectivity index (χ1n) is 24.7. The highest BCUT2D eigenvalue weighted by Crippen LogP contribution is 2.70. The third kappa shape index (κ3) is 9.15. The van der Waals surface area contributed by atoms with Crippen LogP contribution in [0.2, 0.25) is 0 Å². The summed E-state index contributed by atoms with van der Waals surface area (Å²) in [6.45, 7) is 18.5. The van der Waals surface area contributed by atoms with Gasteiger partial charge in [-0.1, -0.05) is 58.5 Å². The van der Waals surface area contributed by atoms with Gasteiger partial charge in [0.2, 0.25) is 0 Å². The summed E-state index contributed by atoms with van der Waals surface area (Å²) in [5.41, 5.74) is 0.329. The Morgan fingerprint density at radius 3 is 1.51 bits per heavy atom. The molecule has 0 amide bonds. The number of H-pyrrole nitrogens is 1. The lowest BCUT2D eigenvalue weighted by atomic mass is 9.44. The maximum Gasteiger partial charge on any atom is 0.156 e. The Hall–Kier alpha value is -1.84. The van der Waals surface area contributed by atoms with E-state index in [4.69, 9.17) is 0 Å². The summed E-state index contributed by atoms with van der Waals surface area (Å²) < 4.78 is 2.02. The van der Waals surface area contributed by atoms with Gasteiger partial charge in [0.1, 0.15) is 17.4 Å². The van der Waals surface area contributed by atoms with Crippen molar-refractivity contribution >= 4 is 27.5 Å². The van der Waals surface area contributed by atoms with Crippen molar-refractivity contribution in [1.29, 1.82) is 0 Å². The predicted molar refractivity (Wildman–Crippen MR) is 259 cm³/mol. The summed E-state index contributed by atoms with van der Waals surface area (Å²) in [7, 11) is 0. The highest BCUT2D eigenvalue weighted by molar-refractivity contribution is 9.09. The van der Waals surface area contributed by atoms with Crippen LogP contribution in [0, 0.1) is 94.7 Å². The van der Waals surface area contributed by atoms with E-state index in [1.807, 2.05) is 38.5 Å². The topological polar surface area (TPSA) is 121 Å². The van der Waals surface area contributed by atoms with E-state index in [9.17, 15) is 19.8 Å². The van der Waals surface area contributed by atoms with Crippen molar-refractivity contribution in [1.82, 2.24) is 19.5 Å². The van der Waals surface area contributed by atoms with Crippen molar-refractivity contribution in [3.05, 3.63) is 36.4 Å². The van der Waals surface area contributed by atoms with Gasteiger partial charge < -0.3 is 19.8 Å². The molecular formula is C54H89BrN4O4. The molecule has 8 nitrogen and oxygen atoms in total. The Morgan fingerprint density at radius 1 is 0.635 bits per heavy atom. The summed E-state index contributed by atoms with van der Waals surface area (Å²) in [6.07, 6.45) is 28.5. The van der Waals surface area contributed by atoms with Crippen LogP contribution in [0.25, 0.3) is 0 Å². The van der Waals surface area contributed by atoms with E-state index in [-0.39, 0.29) is 37.5 Å². The van der Waals surface area contributed by atoms with Crippen LogP contribution >= 0.6 is 15.9 Å². The number of nitrogens with zero attached hydrogens (tertiary/aromatic N) is 3. The Bertz CT molecular complexity index is 1870. The van der Waals surface area contributed by atoms with Crippen LogP contribution in [-0.2, 0) is 16.1 Å². The largest absolute Gasteiger partial charge is 0.390 e. The number of halogens is 1. The molecule has 0 spiro atoms. The second kappa shape index (κ2) is 18.7. The minimum Gasteiger partial charge on any atom is -0.390 e. The zero-order chi connectivity index (χ0) is 43.8. The molecule has 0 aromatic carbocycles. The van der Waals surface area contributed by atoms with E-state index in [1.54, 1.807) is 18.6 Å². The van der Waals surface area contributed by atoms with Crippen molar-refractivity contribution in [3.63, 3.8) is 0 Å². The van der Waals surface area contributed by atoms with Gasteiger partial charge in [0.25, 0.3) is 0 Å². The number of carbonyl (C=O) groups is 2. The predicted octanol–water partition coefficient (Wildman–Crippen LogP) is 12.5. The lowest BCUT2D eigenvalue weighted by molar-refractivity contribution is -0.151. The number of imidazole rings is 2. The van der Waals surface area contributed by atoms with Crippen LogP contribution in [-0.4, -0.2) is 57.8 Å². The number of rotatable bonds is 5. The first-order chi connectivity index (χ1) is 28.7. The number of aliphatic hydroxyl groups is 2. The zero-order valence-electron chi connectivity index (χ0n) is 39.2. The number of carbonyl (C=O) groups excluding carboxylic acids is 2. The zero-order valence-corrected chi connectivity index (χ0v) is 40.7.